The maximum absolute atomic E-state index is 11.0. The smallest absolute Gasteiger partial charge is 0.347 e. The van der Waals surface area contributed by atoms with Crippen LogP contribution in [0, 0.1) is 0 Å². The lowest BCUT2D eigenvalue weighted by atomic mass is 10.3. The van der Waals surface area contributed by atoms with Crippen LogP contribution >= 0.6 is 15.9 Å². The molecule has 0 aliphatic carbocycles. The highest BCUT2D eigenvalue weighted by Crippen LogP contribution is 2.12. The van der Waals surface area contributed by atoms with E-state index in [1.807, 2.05) is 0 Å². The van der Waals surface area contributed by atoms with Gasteiger partial charge in [-0.05, 0) is 6.92 Å². The number of cyclic esters (lactones) is 1. The standard InChI is InChI=1S/C7H9BrO4/c1-4(8)6(9)12-5-2-3-11-7(5)10/h4-5H,2-3H2,1H3/t4?,5-/m0/s1. The summed E-state index contributed by atoms with van der Waals surface area (Å²) < 4.78 is 9.44. The second-order valence-corrected chi connectivity index (χ2v) is 3.87. The van der Waals surface area contributed by atoms with Crippen molar-refractivity contribution in [1.82, 2.24) is 0 Å². The lowest BCUT2D eigenvalue weighted by Gasteiger charge is -2.08. The number of carbonyl (C=O) groups excluding carboxylic acids is 2. The largest absolute Gasteiger partial charge is 0.463 e. The predicted octanol–water partition coefficient (Wildman–Crippen LogP) is 0.628. The summed E-state index contributed by atoms with van der Waals surface area (Å²) in [7, 11) is 0. The Kier molecular flexibility index (Phi) is 3.08. The summed E-state index contributed by atoms with van der Waals surface area (Å²) in [6.07, 6.45) is -0.234. The van der Waals surface area contributed by atoms with Crippen LogP contribution in [0.15, 0.2) is 0 Å². The minimum atomic E-state index is -0.697. The fraction of sp³-hybridized carbons (Fsp3) is 0.714. The van der Waals surface area contributed by atoms with E-state index in [4.69, 9.17) is 4.74 Å². The van der Waals surface area contributed by atoms with Crippen molar-refractivity contribution in [1.29, 1.82) is 0 Å². The molecule has 2 atom stereocenters. The van der Waals surface area contributed by atoms with Crippen LogP contribution in [0.2, 0.25) is 0 Å². The van der Waals surface area contributed by atoms with Crippen molar-refractivity contribution in [2.45, 2.75) is 24.3 Å². The first-order chi connectivity index (χ1) is 5.61. The molecule has 12 heavy (non-hydrogen) atoms. The average molecular weight is 237 g/mol. The van der Waals surface area contributed by atoms with Crippen molar-refractivity contribution in [3.05, 3.63) is 0 Å². The minimum absolute atomic E-state index is 0.341. The van der Waals surface area contributed by atoms with Gasteiger partial charge in [-0.15, -0.1) is 0 Å². The molecule has 0 bridgehead atoms. The van der Waals surface area contributed by atoms with Gasteiger partial charge in [0.15, 0.2) is 0 Å². The maximum atomic E-state index is 11.0. The zero-order chi connectivity index (χ0) is 9.14. The molecule has 0 saturated carbocycles. The van der Waals surface area contributed by atoms with Gasteiger partial charge < -0.3 is 9.47 Å². The lowest BCUT2D eigenvalue weighted by Crippen LogP contribution is -2.26. The Bertz CT molecular complexity index is 202. The van der Waals surface area contributed by atoms with Crippen LogP contribution in [0.1, 0.15) is 13.3 Å². The van der Waals surface area contributed by atoms with Gasteiger partial charge in [0.25, 0.3) is 0 Å². The molecule has 0 aromatic carbocycles. The fourth-order valence-corrected chi connectivity index (χ4v) is 0.926. The van der Waals surface area contributed by atoms with E-state index in [1.165, 1.54) is 0 Å². The lowest BCUT2D eigenvalue weighted by molar-refractivity contribution is -0.159. The number of carbonyl (C=O) groups is 2. The van der Waals surface area contributed by atoms with Crippen LogP contribution < -0.4 is 0 Å². The molecule has 68 valence electrons. The Hall–Kier alpha value is -0.580. The molecule has 1 heterocycles. The summed E-state index contributed by atoms with van der Waals surface area (Å²) in [4.78, 5) is 21.4. The predicted molar refractivity (Wildman–Crippen MR) is 43.8 cm³/mol. The average Bonchev–Trinajstić information content (AvgIpc) is 2.36. The topological polar surface area (TPSA) is 52.6 Å². The highest BCUT2D eigenvalue weighted by atomic mass is 79.9. The van der Waals surface area contributed by atoms with Crippen molar-refractivity contribution >= 4 is 27.9 Å². The molecule has 1 saturated heterocycles. The van der Waals surface area contributed by atoms with E-state index in [-0.39, 0.29) is 4.83 Å². The first-order valence-electron chi connectivity index (χ1n) is 3.62. The van der Waals surface area contributed by atoms with E-state index in [1.54, 1.807) is 6.92 Å². The summed E-state index contributed by atoms with van der Waals surface area (Å²) in [6, 6.07) is 0. The van der Waals surface area contributed by atoms with Crippen LogP contribution in [0.25, 0.3) is 0 Å². The van der Waals surface area contributed by atoms with E-state index >= 15 is 0 Å². The van der Waals surface area contributed by atoms with Gasteiger partial charge in [0, 0.05) is 6.42 Å². The van der Waals surface area contributed by atoms with Crippen LogP contribution in [-0.4, -0.2) is 29.5 Å². The molecule has 0 spiro atoms. The molecule has 0 radical (unpaired) electrons. The van der Waals surface area contributed by atoms with Gasteiger partial charge in [0.2, 0.25) is 6.10 Å². The molecule has 4 nitrogen and oxygen atoms in total. The molecule has 1 rings (SSSR count). The zero-order valence-corrected chi connectivity index (χ0v) is 8.17. The van der Waals surface area contributed by atoms with Gasteiger partial charge in [-0.25, -0.2) is 4.79 Å². The number of ether oxygens (including phenoxy) is 2. The van der Waals surface area contributed by atoms with Crippen molar-refractivity contribution in [3.8, 4) is 0 Å². The van der Waals surface area contributed by atoms with Crippen molar-refractivity contribution in [2.75, 3.05) is 6.61 Å². The first kappa shape index (κ1) is 9.51. The zero-order valence-electron chi connectivity index (χ0n) is 6.58. The fourth-order valence-electron chi connectivity index (χ4n) is 0.818. The second-order valence-electron chi connectivity index (χ2n) is 2.50. The van der Waals surface area contributed by atoms with Gasteiger partial charge >= 0.3 is 11.9 Å². The minimum Gasteiger partial charge on any atom is -0.463 e. The third-order valence-electron chi connectivity index (χ3n) is 1.47. The third kappa shape index (κ3) is 2.20. The van der Waals surface area contributed by atoms with Crippen molar-refractivity contribution < 1.29 is 19.1 Å². The Morgan fingerprint density at radius 2 is 2.50 bits per heavy atom. The van der Waals surface area contributed by atoms with Crippen molar-refractivity contribution in [3.63, 3.8) is 0 Å². The van der Waals surface area contributed by atoms with E-state index < -0.39 is 18.0 Å². The monoisotopic (exact) mass is 236 g/mol. The van der Waals surface area contributed by atoms with Crippen LogP contribution in [0.3, 0.4) is 0 Å². The summed E-state index contributed by atoms with van der Waals surface area (Å²) in [5.41, 5.74) is 0. The van der Waals surface area contributed by atoms with E-state index in [2.05, 4.69) is 20.7 Å². The van der Waals surface area contributed by atoms with Crippen LogP contribution in [-0.2, 0) is 19.1 Å². The maximum Gasteiger partial charge on any atom is 0.347 e. The van der Waals surface area contributed by atoms with Gasteiger partial charge in [0.05, 0.1) is 6.61 Å². The molecule has 1 fully saturated rings. The number of hydrogen-bond acceptors (Lipinski definition) is 4. The summed E-state index contributed by atoms with van der Waals surface area (Å²) in [5, 5.41) is 0. The number of esters is 2. The van der Waals surface area contributed by atoms with E-state index in [0.29, 0.717) is 13.0 Å². The van der Waals surface area contributed by atoms with Gasteiger partial charge in [0.1, 0.15) is 4.83 Å². The second kappa shape index (κ2) is 3.89. The van der Waals surface area contributed by atoms with Crippen molar-refractivity contribution in [2.24, 2.45) is 0 Å². The van der Waals surface area contributed by atoms with Gasteiger partial charge in [-0.1, -0.05) is 15.9 Å². The third-order valence-corrected chi connectivity index (χ3v) is 1.84. The summed E-state index contributed by atoms with van der Waals surface area (Å²) in [6.45, 7) is 1.98. The summed E-state index contributed by atoms with van der Waals surface area (Å²) >= 11 is 3.04. The number of alkyl halides is 1. The normalized spacial score (nSPS) is 24.8. The highest BCUT2D eigenvalue weighted by molar-refractivity contribution is 9.10. The highest BCUT2D eigenvalue weighted by Gasteiger charge is 2.30. The van der Waals surface area contributed by atoms with E-state index in [0.717, 1.165) is 0 Å². The molecule has 1 unspecified atom stereocenters. The molecule has 0 amide bonds. The number of hydrogen-bond donors (Lipinski definition) is 0. The molecule has 0 N–H and O–H groups in total. The van der Waals surface area contributed by atoms with E-state index in [9.17, 15) is 9.59 Å². The molecular formula is C7H9BrO4. The number of rotatable bonds is 2. The van der Waals surface area contributed by atoms with Crippen LogP contribution in [0.5, 0.6) is 0 Å². The Balaban J connectivity index is 2.40. The number of halogens is 1. The Labute approximate surface area is 78.3 Å². The Morgan fingerprint density at radius 1 is 1.83 bits per heavy atom. The molecule has 1 aliphatic rings. The SMILES string of the molecule is CC(Br)C(=O)O[C@H]1CCOC1=O. The van der Waals surface area contributed by atoms with Gasteiger partial charge in [-0.2, -0.15) is 0 Å². The first-order valence-corrected chi connectivity index (χ1v) is 4.54. The molecular weight excluding hydrogens is 228 g/mol. The Morgan fingerprint density at radius 3 is 2.92 bits per heavy atom. The quantitative estimate of drug-likeness (QED) is 0.522. The molecule has 5 heteroatoms. The molecule has 0 aromatic heterocycles. The summed E-state index contributed by atoms with van der Waals surface area (Å²) in [5.74, 6) is -0.879. The van der Waals surface area contributed by atoms with Gasteiger partial charge in [-0.3, -0.25) is 4.79 Å². The molecule has 1 aliphatic heterocycles. The molecule has 0 aromatic rings. The van der Waals surface area contributed by atoms with Crippen LogP contribution in [0.4, 0.5) is 0 Å².